The van der Waals surface area contributed by atoms with E-state index in [0.717, 1.165) is 12.1 Å². The van der Waals surface area contributed by atoms with Crippen LogP contribution in [0.15, 0.2) is 36.4 Å². The third kappa shape index (κ3) is 2.15. The smallest absolute Gasteiger partial charge is 0.211 e. The SMILES string of the molecule is O=C1c2cc(O)c(O)cc2O[C@H](O)C1c1ccc(O)cc1. The first kappa shape index (κ1) is 13.3. The highest BCUT2D eigenvalue weighted by Gasteiger charge is 2.38. The Hall–Kier alpha value is -2.73. The Kier molecular flexibility index (Phi) is 2.95. The van der Waals surface area contributed by atoms with Crippen molar-refractivity contribution in [3.05, 3.63) is 47.5 Å². The monoisotopic (exact) mass is 288 g/mol. The molecular weight excluding hydrogens is 276 g/mol. The lowest BCUT2D eigenvalue weighted by molar-refractivity contribution is -0.0387. The molecule has 21 heavy (non-hydrogen) atoms. The molecule has 1 aliphatic rings. The summed E-state index contributed by atoms with van der Waals surface area (Å²) in [7, 11) is 0. The summed E-state index contributed by atoms with van der Waals surface area (Å²) < 4.78 is 5.24. The van der Waals surface area contributed by atoms with E-state index < -0.39 is 29.5 Å². The minimum atomic E-state index is -1.42. The Morgan fingerprint density at radius 3 is 2.24 bits per heavy atom. The van der Waals surface area contributed by atoms with Crippen molar-refractivity contribution in [1.29, 1.82) is 0 Å². The molecule has 1 aliphatic heterocycles. The molecule has 4 N–H and O–H groups in total. The zero-order valence-electron chi connectivity index (χ0n) is 10.7. The number of phenols is 3. The van der Waals surface area contributed by atoms with Crippen molar-refractivity contribution < 1.29 is 30.0 Å². The van der Waals surface area contributed by atoms with Gasteiger partial charge in [0, 0.05) is 6.07 Å². The van der Waals surface area contributed by atoms with Crippen molar-refractivity contribution in [1.82, 2.24) is 0 Å². The van der Waals surface area contributed by atoms with Gasteiger partial charge < -0.3 is 25.2 Å². The van der Waals surface area contributed by atoms with Gasteiger partial charge in [-0.1, -0.05) is 12.1 Å². The van der Waals surface area contributed by atoms with Gasteiger partial charge in [-0.2, -0.15) is 0 Å². The summed E-state index contributed by atoms with van der Waals surface area (Å²) in [5, 5.41) is 38.2. The largest absolute Gasteiger partial charge is 0.508 e. The van der Waals surface area contributed by atoms with Gasteiger partial charge in [-0.15, -0.1) is 0 Å². The molecule has 0 fully saturated rings. The van der Waals surface area contributed by atoms with Crippen LogP contribution in [0.4, 0.5) is 0 Å². The first-order valence-electron chi connectivity index (χ1n) is 6.21. The highest BCUT2D eigenvalue weighted by molar-refractivity contribution is 6.05. The average Bonchev–Trinajstić information content (AvgIpc) is 2.43. The second kappa shape index (κ2) is 4.68. The molecule has 0 amide bonds. The van der Waals surface area contributed by atoms with E-state index in [1.807, 2.05) is 0 Å². The number of hydrogen-bond acceptors (Lipinski definition) is 6. The highest BCUT2D eigenvalue weighted by Crippen LogP contribution is 2.41. The van der Waals surface area contributed by atoms with Crippen LogP contribution in [0.1, 0.15) is 21.8 Å². The number of aliphatic hydroxyl groups excluding tert-OH is 1. The number of phenolic OH excluding ortho intramolecular Hbond substituents is 3. The maximum atomic E-state index is 12.5. The third-order valence-corrected chi connectivity index (χ3v) is 3.41. The summed E-state index contributed by atoms with van der Waals surface area (Å²) in [6, 6.07) is 8.01. The molecule has 0 spiro atoms. The van der Waals surface area contributed by atoms with Crippen LogP contribution in [0.2, 0.25) is 0 Å². The van der Waals surface area contributed by atoms with Crippen molar-refractivity contribution in [2.75, 3.05) is 0 Å². The molecule has 1 unspecified atom stereocenters. The fourth-order valence-electron chi connectivity index (χ4n) is 2.34. The first-order valence-corrected chi connectivity index (χ1v) is 6.21. The molecule has 1 heterocycles. The van der Waals surface area contributed by atoms with Crippen molar-refractivity contribution in [3.8, 4) is 23.0 Å². The van der Waals surface area contributed by atoms with E-state index in [1.54, 1.807) is 0 Å². The fraction of sp³-hybridized carbons (Fsp3) is 0.133. The second-order valence-electron chi connectivity index (χ2n) is 4.78. The topological polar surface area (TPSA) is 107 Å². The van der Waals surface area contributed by atoms with Gasteiger partial charge in [0.1, 0.15) is 17.4 Å². The van der Waals surface area contributed by atoms with Crippen molar-refractivity contribution >= 4 is 5.78 Å². The van der Waals surface area contributed by atoms with E-state index in [0.29, 0.717) is 5.56 Å². The molecule has 0 aliphatic carbocycles. The maximum absolute atomic E-state index is 12.5. The number of ether oxygens (including phenoxy) is 1. The van der Waals surface area contributed by atoms with E-state index in [2.05, 4.69) is 0 Å². The molecule has 6 nitrogen and oxygen atoms in total. The molecule has 0 saturated heterocycles. The van der Waals surface area contributed by atoms with Crippen LogP contribution in [0.3, 0.4) is 0 Å². The standard InChI is InChI=1S/C15H12O6/c16-8-3-1-7(2-4-8)13-14(19)9-5-10(17)11(18)6-12(9)21-15(13)20/h1-6,13,15-18,20H/t13?,15-/m0/s1. The number of carbonyl (C=O) groups is 1. The molecule has 2 atom stereocenters. The lowest BCUT2D eigenvalue weighted by atomic mass is 9.87. The van der Waals surface area contributed by atoms with Crippen LogP contribution in [-0.4, -0.2) is 32.5 Å². The third-order valence-electron chi connectivity index (χ3n) is 3.41. The number of fused-ring (bicyclic) bond motifs is 1. The molecule has 0 saturated carbocycles. The van der Waals surface area contributed by atoms with Gasteiger partial charge in [0.15, 0.2) is 17.3 Å². The number of rotatable bonds is 1. The Labute approximate surface area is 119 Å². The van der Waals surface area contributed by atoms with E-state index >= 15 is 0 Å². The summed E-state index contributed by atoms with van der Waals surface area (Å²) in [5.74, 6) is -2.23. The molecule has 2 aromatic carbocycles. The summed E-state index contributed by atoms with van der Waals surface area (Å²) in [6.07, 6.45) is -1.42. The molecule has 2 aromatic rings. The molecule has 3 rings (SSSR count). The Bertz CT molecular complexity index is 707. The molecule has 0 bridgehead atoms. The lowest BCUT2D eigenvalue weighted by Crippen LogP contribution is -2.35. The molecule has 6 heteroatoms. The van der Waals surface area contributed by atoms with Crippen LogP contribution >= 0.6 is 0 Å². The fourth-order valence-corrected chi connectivity index (χ4v) is 2.34. The number of ketones is 1. The van der Waals surface area contributed by atoms with Crippen molar-refractivity contribution in [3.63, 3.8) is 0 Å². The van der Waals surface area contributed by atoms with E-state index in [9.17, 15) is 25.2 Å². The van der Waals surface area contributed by atoms with Crippen LogP contribution in [0.5, 0.6) is 23.0 Å². The molecule has 0 aromatic heterocycles. The van der Waals surface area contributed by atoms with Crippen molar-refractivity contribution in [2.45, 2.75) is 12.2 Å². The van der Waals surface area contributed by atoms with Gasteiger partial charge in [0.25, 0.3) is 0 Å². The molecule has 108 valence electrons. The Morgan fingerprint density at radius 2 is 1.57 bits per heavy atom. The number of benzene rings is 2. The van der Waals surface area contributed by atoms with Crippen molar-refractivity contribution in [2.24, 2.45) is 0 Å². The lowest BCUT2D eigenvalue weighted by Gasteiger charge is -2.29. The van der Waals surface area contributed by atoms with Crippen LogP contribution in [0.25, 0.3) is 0 Å². The van der Waals surface area contributed by atoms with E-state index in [4.69, 9.17) is 4.74 Å². The summed E-state index contributed by atoms with van der Waals surface area (Å²) in [5.41, 5.74) is 0.553. The minimum absolute atomic E-state index is 0.0119. The highest BCUT2D eigenvalue weighted by atomic mass is 16.6. The Morgan fingerprint density at radius 1 is 0.952 bits per heavy atom. The number of carbonyl (C=O) groups excluding carboxylic acids is 1. The van der Waals surface area contributed by atoms with E-state index in [-0.39, 0.29) is 17.1 Å². The van der Waals surface area contributed by atoms with E-state index in [1.165, 1.54) is 24.3 Å². The second-order valence-corrected chi connectivity index (χ2v) is 4.78. The quantitative estimate of drug-likeness (QED) is 0.592. The zero-order valence-corrected chi connectivity index (χ0v) is 10.7. The van der Waals surface area contributed by atoms with Gasteiger partial charge >= 0.3 is 0 Å². The first-order chi connectivity index (χ1) is 9.97. The predicted molar refractivity (Wildman–Crippen MR) is 71.6 cm³/mol. The zero-order chi connectivity index (χ0) is 15.1. The minimum Gasteiger partial charge on any atom is -0.508 e. The Balaban J connectivity index is 2.06. The van der Waals surface area contributed by atoms with Gasteiger partial charge in [-0.3, -0.25) is 4.79 Å². The summed E-state index contributed by atoms with van der Waals surface area (Å²) in [6.45, 7) is 0. The number of hydrogen-bond donors (Lipinski definition) is 4. The molecule has 0 radical (unpaired) electrons. The average molecular weight is 288 g/mol. The number of Topliss-reactive ketones (excluding diaryl/α,β-unsaturated/α-hetero) is 1. The summed E-state index contributed by atoms with van der Waals surface area (Å²) >= 11 is 0. The summed E-state index contributed by atoms with van der Waals surface area (Å²) in [4.78, 5) is 12.5. The normalized spacial score (nSPS) is 20.7. The number of aromatic hydroxyl groups is 3. The van der Waals surface area contributed by atoms with Crippen LogP contribution in [-0.2, 0) is 0 Å². The predicted octanol–water partition coefficient (Wildman–Crippen LogP) is 1.48. The van der Waals surface area contributed by atoms with Crippen LogP contribution < -0.4 is 4.74 Å². The number of aliphatic hydroxyl groups is 1. The van der Waals surface area contributed by atoms with Gasteiger partial charge in [0.05, 0.1) is 5.56 Å². The molecular formula is C15H12O6. The maximum Gasteiger partial charge on any atom is 0.211 e. The van der Waals surface area contributed by atoms with Gasteiger partial charge in [-0.25, -0.2) is 0 Å². The van der Waals surface area contributed by atoms with Crippen LogP contribution in [0, 0.1) is 0 Å². The van der Waals surface area contributed by atoms with Gasteiger partial charge in [0.2, 0.25) is 6.29 Å². The van der Waals surface area contributed by atoms with Gasteiger partial charge in [-0.05, 0) is 23.8 Å².